The summed E-state index contributed by atoms with van der Waals surface area (Å²) in [5, 5.41) is 0. The van der Waals surface area contributed by atoms with E-state index in [4.69, 9.17) is 16.3 Å². The van der Waals surface area contributed by atoms with Gasteiger partial charge in [0, 0.05) is 17.9 Å². The van der Waals surface area contributed by atoms with Crippen LogP contribution in [0.3, 0.4) is 0 Å². The Kier molecular flexibility index (Phi) is 2.75. The van der Waals surface area contributed by atoms with E-state index in [1.54, 1.807) is 0 Å². The normalized spacial score (nSPS) is 32.5. The van der Waals surface area contributed by atoms with Crippen LogP contribution in [0.5, 0.6) is 0 Å². The molecule has 58 valence electrons. The second kappa shape index (κ2) is 3.40. The zero-order chi connectivity index (χ0) is 7.45. The number of rotatable bonds is 3. The molecule has 1 fully saturated rings. The molecule has 0 aromatic heterocycles. The fourth-order valence-electron chi connectivity index (χ4n) is 1.28. The van der Waals surface area contributed by atoms with Crippen molar-refractivity contribution >= 4 is 11.6 Å². The summed E-state index contributed by atoms with van der Waals surface area (Å²) in [5.74, 6) is 0.693. The number of hydrogen-bond acceptors (Lipinski definition) is 1. The molecule has 0 radical (unpaired) electrons. The van der Waals surface area contributed by atoms with E-state index >= 15 is 0 Å². The van der Waals surface area contributed by atoms with Crippen molar-refractivity contribution in [2.75, 3.05) is 19.1 Å². The Balaban J connectivity index is 2.48. The van der Waals surface area contributed by atoms with Crippen molar-refractivity contribution in [3.05, 3.63) is 12.7 Å². The van der Waals surface area contributed by atoms with Crippen LogP contribution < -0.4 is 0 Å². The highest BCUT2D eigenvalue weighted by Gasteiger charge is 2.32. The van der Waals surface area contributed by atoms with Gasteiger partial charge in [0.15, 0.2) is 0 Å². The van der Waals surface area contributed by atoms with Gasteiger partial charge in [0.05, 0.1) is 6.61 Å². The third kappa shape index (κ3) is 1.53. The van der Waals surface area contributed by atoms with Crippen LogP contribution in [-0.2, 0) is 4.74 Å². The van der Waals surface area contributed by atoms with E-state index in [-0.39, 0.29) is 5.41 Å². The molecule has 0 N–H and O–H groups in total. The quantitative estimate of drug-likeness (QED) is 0.455. The minimum absolute atomic E-state index is 0.212. The Hall–Kier alpha value is -0.0100. The van der Waals surface area contributed by atoms with Crippen LogP contribution in [0.15, 0.2) is 12.7 Å². The second-order valence-corrected chi connectivity index (χ2v) is 3.20. The first-order valence-electron chi connectivity index (χ1n) is 3.58. The Morgan fingerprint density at radius 2 is 2.50 bits per heavy atom. The molecule has 1 unspecified atom stereocenters. The lowest BCUT2D eigenvalue weighted by atomic mass is 9.86. The van der Waals surface area contributed by atoms with E-state index < -0.39 is 0 Å². The first kappa shape index (κ1) is 8.09. The van der Waals surface area contributed by atoms with Gasteiger partial charge in [-0.3, -0.25) is 0 Å². The Bertz CT molecular complexity index is 116. The van der Waals surface area contributed by atoms with Crippen molar-refractivity contribution in [3.8, 4) is 0 Å². The van der Waals surface area contributed by atoms with Crippen LogP contribution in [0.25, 0.3) is 0 Å². The van der Waals surface area contributed by atoms with Crippen molar-refractivity contribution in [1.82, 2.24) is 0 Å². The average Bonchev–Trinajstić information content (AvgIpc) is 2.39. The molecule has 0 saturated carbocycles. The molecule has 0 amide bonds. The summed E-state index contributed by atoms with van der Waals surface area (Å²) in [5.41, 5.74) is 0.212. The molecular weight excluding hydrogens is 148 g/mol. The lowest BCUT2D eigenvalue weighted by Crippen LogP contribution is -2.21. The summed E-state index contributed by atoms with van der Waals surface area (Å²) >= 11 is 5.82. The number of halogens is 1. The predicted molar refractivity (Wildman–Crippen MR) is 43.4 cm³/mol. The molecule has 2 heteroatoms. The predicted octanol–water partition coefficient (Wildman–Crippen LogP) is 2.21. The maximum atomic E-state index is 5.82. The molecule has 1 atom stereocenters. The Morgan fingerprint density at radius 3 is 2.90 bits per heavy atom. The standard InChI is InChI=1S/C8H13ClO/c1-2-3-8(6-9)4-5-10-7-8/h2H,1,3-7H2. The van der Waals surface area contributed by atoms with Gasteiger partial charge in [0.2, 0.25) is 0 Å². The largest absolute Gasteiger partial charge is 0.381 e. The number of ether oxygens (including phenoxy) is 1. The zero-order valence-corrected chi connectivity index (χ0v) is 6.86. The van der Waals surface area contributed by atoms with Crippen LogP contribution >= 0.6 is 11.6 Å². The summed E-state index contributed by atoms with van der Waals surface area (Å²) in [4.78, 5) is 0. The minimum atomic E-state index is 0.212. The SMILES string of the molecule is C=CCC1(CCl)CCOC1. The molecule has 0 aromatic carbocycles. The molecule has 0 aliphatic carbocycles. The Morgan fingerprint density at radius 1 is 1.70 bits per heavy atom. The molecular formula is C8H13ClO. The minimum Gasteiger partial charge on any atom is -0.381 e. The highest BCUT2D eigenvalue weighted by Crippen LogP contribution is 2.33. The summed E-state index contributed by atoms with van der Waals surface area (Å²) in [6, 6.07) is 0. The van der Waals surface area contributed by atoms with Gasteiger partial charge >= 0.3 is 0 Å². The van der Waals surface area contributed by atoms with Crippen molar-refractivity contribution in [3.63, 3.8) is 0 Å². The molecule has 10 heavy (non-hydrogen) atoms. The molecule has 0 spiro atoms. The van der Waals surface area contributed by atoms with Crippen LogP contribution in [0.4, 0.5) is 0 Å². The molecule has 1 aliphatic heterocycles. The first-order valence-corrected chi connectivity index (χ1v) is 4.11. The van der Waals surface area contributed by atoms with Crippen LogP contribution in [0, 0.1) is 5.41 Å². The first-order chi connectivity index (χ1) is 4.83. The zero-order valence-electron chi connectivity index (χ0n) is 6.11. The van der Waals surface area contributed by atoms with Crippen molar-refractivity contribution in [2.45, 2.75) is 12.8 Å². The fourth-order valence-corrected chi connectivity index (χ4v) is 1.60. The van der Waals surface area contributed by atoms with Crippen molar-refractivity contribution in [2.24, 2.45) is 5.41 Å². The number of hydrogen-bond donors (Lipinski definition) is 0. The van der Waals surface area contributed by atoms with E-state index in [0.717, 1.165) is 26.1 Å². The van der Waals surface area contributed by atoms with Crippen LogP contribution in [0.1, 0.15) is 12.8 Å². The van der Waals surface area contributed by atoms with Gasteiger partial charge in [-0.2, -0.15) is 0 Å². The highest BCUT2D eigenvalue weighted by atomic mass is 35.5. The van der Waals surface area contributed by atoms with Gasteiger partial charge in [-0.15, -0.1) is 18.2 Å². The monoisotopic (exact) mass is 160 g/mol. The summed E-state index contributed by atoms with van der Waals surface area (Å²) in [6.45, 7) is 5.37. The van der Waals surface area contributed by atoms with Crippen LogP contribution in [-0.4, -0.2) is 19.1 Å². The molecule has 0 bridgehead atoms. The number of alkyl halides is 1. The topological polar surface area (TPSA) is 9.23 Å². The van der Waals surface area contributed by atoms with E-state index in [0.29, 0.717) is 5.88 Å². The fraction of sp³-hybridized carbons (Fsp3) is 0.750. The van der Waals surface area contributed by atoms with Gasteiger partial charge < -0.3 is 4.74 Å². The van der Waals surface area contributed by atoms with Crippen molar-refractivity contribution in [1.29, 1.82) is 0 Å². The number of allylic oxidation sites excluding steroid dienone is 1. The molecule has 0 aromatic rings. The smallest absolute Gasteiger partial charge is 0.0537 e. The van der Waals surface area contributed by atoms with E-state index in [1.807, 2.05) is 6.08 Å². The Labute approximate surface area is 67.0 Å². The maximum absolute atomic E-state index is 5.82. The summed E-state index contributed by atoms with van der Waals surface area (Å²) in [6.07, 6.45) is 4.00. The third-order valence-electron chi connectivity index (χ3n) is 2.05. The van der Waals surface area contributed by atoms with E-state index in [9.17, 15) is 0 Å². The molecule has 1 heterocycles. The highest BCUT2D eigenvalue weighted by molar-refractivity contribution is 6.18. The lowest BCUT2D eigenvalue weighted by molar-refractivity contribution is 0.162. The van der Waals surface area contributed by atoms with E-state index in [2.05, 4.69) is 6.58 Å². The summed E-state index contributed by atoms with van der Waals surface area (Å²) in [7, 11) is 0. The lowest BCUT2D eigenvalue weighted by Gasteiger charge is -2.21. The van der Waals surface area contributed by atoms with Gasteiger partial charge in [0.1, 0.15) is 0 Å². The molecule has 1 aliphatic rings. The van der Waals surface area contributed by atoms with Gasteiger partial charge in [-0.25, -0.2) is 0 Å². The maximum Gasteiger partial charge on any atom is 0.0537 e. The van der Waals surface area contributed by atoms with Gasteiger partial charge in [-0.1, -0.05) is 6.08 Å². The molecule has 1 nitrogen and oxygen atoms in total. The van der Waals surface area contributed by atoms with E-state index in [1.165, 1.54) is 0 Å². The van der Waals surface area contributed by atoms with Gasteiger partial charge in [0.25, 0.3) is 0 Å². The average molecular weight is 161 g/mol. The third-order valence-corrected chi connectivity index (χ3v) is 2.61. The molecule has 1 rings (SSSR count). The molecule has 1 saturated heterocycles. The van der Waals surface area contributed by atoms with Crippen LogP contribution in [0.2, 0.25) is 0 Å². The summed E-state index contributed by atoms with van der Waals surface area (Å²) < 4.78 is 5.27. The second-order valence-electron chi connectivity index (χ2n) is 2.93. The van der Waals surface area contributed by atoms with Gasteiger partial charge in [-0.05, 0) is 12.8 Å². The van der Waals surface area contributed by atoms with Crippen molar-refractivity contribution < 1.29 is 4.74 Å².